The molecule has 4 aromatic carbocycles. The lowest BCUT2D eigenvalue weighted by molar-refractivity contribution is -0.384. The van der Waals surface area contributed by atoms with Crippen LogP contribution in [0, 0.1) is 16.0 Å². The molecule has 3 atom stereocenters. The number of fused-ring (bicyclic) bond motifs is 4. The van der Waals surface area contributed by atoms with Gasteiger partial charge in [-0.3, -0.25) is 10.1 Å². The number of anilines is 1. The van der Waals surface area contributed by atoms with E-state index >= 15 is 0 Å². The quantitative estimate of drug-likeness (QED) is 0.200. The fourth-order valence-corrected chi connectivity index (χ4v) is 5.29. The number of hydrogen-bond donors (Lipinski definition) is 1. The van der Waals surface area contributed by atoms with E-state index in [0.717, 1.165) is 29.0 Å². The summed E-state index contributed by atoms with van der Waals surface area (Å²) in [5.41, 5.74) is 4.47. The molecule has 0 bridgehead atoms. The molecule has 2 aliphatic rings. The van der Waals surface area contributed by atoms with E-state index in [1.807, 2.05) is 24.3 Å². The van der Waals surface area contributed by atoms with Crippen LogP contribution in [0.15, 0.2) is 97.1 Å². The van der Waals surface area contributed by atoms with Crippen molar-refractivity contribution in [3.05, 3.63) is 124 Å². The highest BCUT2D eigenvalue weighted by atomic mass is 16.6. The van der Waals surface area contributed by atoms with Crippen LogP contribution in [-0.2, 0) is 6.61 Å². The molecule has 168 valence electrons. The molecule has 0 unspecified atom stereocenters. The Kier molecular flexibility index (Phi) is 5.02. The lowest BCUT2D eigenvalue weighted by atomic mass is 9.77. The number of non-ortho nitro benzene ring substituents is 1. The molecule has 0 saturated heterocycles. The first kappa shape index (κ1) is 20.5. The molecule has 0 saturated carbocycles. The first-order valence-corrected chi connectivity index (χ1v) is 11.6. The van der Waals surface area contributed by atoms with Gasteiger partial charge in [0.05, 0.1) is 11.0 Å². The Labute approximate surface area is 197 Å². The zero-order valence-electron chi connectivity index (χ0n) is 18.6. The molecule has 5 nitrogen and oxygen atoms in total. The van der Waals surface area contributed by atoms with Gasteiger partial charge in [-0.2, -0.15) is 0 Å². The summed E-state index contributed by atoms with van der Waals surface area (Å²) < 4.78 is 6.07. The molecule has 0 radical (unpaired) electrons. The van der Waals surface area contributed by atoms with Crippen molar-refractivity contribution in [2.75, 3.05) is 5.32 Å². The van der Waals surface area contributed by atoms with Gasteiger partial charge in [-0.1, -0.05) is 60.7 Å². The monoisotopic (exact) mass is 448 g/mol. The van der Waals surface area contributed by atoms with Gasteiger partial charge in [0.15, 0.2) is 0 Å². The van der Waals surface area contributed by atoms with Crippen LogP contribution in [0.3, 0.4) is 0 Å². The van der Waals surface area contributed by atoms with Gasteiger partial charge in [-0.15, -0.1) is 0 Å². The smallest absolute Gasteiger partial charge is 0.269 e. The van der Waals surface area contributed by atoms with E-state index < -0.39 is 0 Å². The maximum Gasteiger partial charge on any atom is 0.269 e. The van der Waals surface area contributed by atoms with Crippen LogP contribution in [0.25, 0.3) is 10.8 Å². The van der Waals surface area contributed by atoms with Crippen LogP contribution in [0.1, 0.15) is 35.1 Å². The van der Waals surface area contributed by atoms with Gasteiger partial charge in [0.25, 0.3) is 5.69 Å². The highest BCUT2D eigenvalue weighted by Crippen LogP contribution is 2.50. The summed E-state index contributed by atoms with van der Waals surface area (Å²) in [7, 11) is 0. The average Bonchev–Trinajstić information content (AvgIpc) is 3.37. The minimum absolute atomic E-state index is 0.142. The van der Waals surface area contributed by atoms with Gasteiger partial charge in [-0.25, -0.2) is 0 Å². The van der Waals surface area contributed by atoms with Crippen molar-refractivity contribution in [1.29, 1.82) is 0 Å². The van der Waals surface area contributed by atoms with Crippen LogP contribution < -0.4 is 10.1 Å². The predicted octanol–water partition coefficient (Wildman–Crippen LogP) is 7.15. The molecule has 6 rings (SSSR count). The molecule has 0 spiro atoms. The summed E-state index contributed by atoms with van der Waals surface area (Å²) in [6, 6.07) is 28.3. The molecule has 1 N–H and O–H groups in total. The molecular formula is C29H24N2O3. The van der Waals surface area contributed by atoms with Crippen LogP contribution in [0.4, 0.5) is 11.4 Å². The Morgan fingerprint density at radius 1 is 0.941 bits per heavy atom. The predicted molar refractivity (Wildman–Crippen MR) is 134 cm³/mol. The van der Waals surface area contributed by atoms with Gasteiger partial charge in [-0.05, 0) is 64.1 Å². The second-order valence-corrected chi connectivity index (χ2v) is 9.04. The van der Waals surface area contributed by atoms with Gasteiger partial charge < -0.3 is 10.1 Å². The fourth-order valence-electron chi connectivity index (χ4n) is 5.29. The van der Waals surface area contributed by atoms with Crippen molar-refractivity contribution in [1.82, 2.24) is 0 Å². The van der Waals surface area contributed by atoms with E-state index in [2.05, 4.69) is 66.0 Å². The standard InChI is InChI=1S/C29H24N2O3/c32-31(33)23-12-15-28-27(17-23)25-6-3-7-26(25)29(30-28)21-10-13-24(14-11-21)34-18-19-8-9-20-4-1-2-5-22(20)16-19/h1-6,8-17,25-26,29-30H,7,18H2/t25-,26+,29+/m1/s1. The zero-order chi connectivity index (χ0) is 23.1. The second-order valence-electron chi connectivity index (χ2n) is 9.04. The number of benzene rings is 4. The Balaban J connectivity index is 1.19. The van der Waals surface area contributed by atoms with Gasteiger partial charge >= 0.3 is 0 Å². The Morgan fingerprint density at radius 2 is 1.76 bits per heavy atom. The Morgan fingerprint density at radius 3 is 2.59 bits per heavy atom. The number of nitro benzene ring substituents is 1. The number of rotatable bonds is 5. The SMILES string of the molecule is O=[N+]([O-])c1ccc2c(c1)[C@@H]1C=CC[C@@H]1[C@H](c1ccc(OCc3ccc4ccccc4c3)cc1)N2. The summed E-state index contributed by atoms with van der Waals surface area (Å²) in [5, 5.41) is 17.3. The summed E-state index contributed by atoms with van der Waals surface area (Å²) in [6.45, 7) is 0.520. The molecule has 34 heavy (non-hydrogen) atoms. The number of ether oxygens (including phenoxy) is 1. The van der Waals surface area contributed by atoms with E-state index in [9.17, 15) is 10.1 Å². The summed E-state index contributed by atoms with van der Waals surface area (Å²) in [5.74, 6) is 1.36. The highest BCUT2D eigenvalue weighted by Gasteiger charge is 2.38. The van der Waals surface area contributed by atoms with Crippen molar-refractivity contribution in [3.63, 3.8) is 0 Å². The summed E-state index contributed by atoms with van der Waals surface area (Å²) in [4.78, 5) is 10.9. The third kappa shape index (κ3) is 3.69. The number of nitro groups is 1. The van der Waals surface area contributed by atoms with Crippen LogP contribution in [0.5, 0.6) is 5.75 Å². The van der Waals surface area contributed by atoms with Crippen molar-refractivity contribution in [2.45, 2.75) is 25.0 Å². The molecule has 0 amide bonds. The van der Waals surface area contributed by atoms with E-state index in [1.54, 1.807) is 12.1 Å². The van der Waals surface area contributed by atoms with Crippen LogP contribution in [-0.4, -0.2) is 4.92 Å². The normalized spacial score (nSPS) is 20.4. The largest absolute Gasteiger partial charge is 0.489 e. The van der Waals surface area contributed by atoms with E-state index in [0.29, 0.717) is 12.5 Å². The third-order valence-corrected chi connectivity index (χ3v) is 7.02. The first-order valence-electron chi connectivity index (χ1n) is 11.6. The molecule has 1 aliphatic carbocycles. The molecular weight excluding hydrogens is 424 g/mol. The number of allylic oxidation sites excluding steroid dienone is 2. The molecule has 0 aromatic heterocycles. The van der Waals surface area contributed by atoms with Crippen molar-refractivity contribution < 1.29 is 9.66 Å². The van der Waals surface area contributed by atoms with E-state index in [-0.39, 0.29) is 22.6 Å². The van der Waals surface area contributed by atoms with E-state index in [4.69, 9.17) is 4.74 Å². The number of nitrogens with one attached hydrogen (secondary N) is 1. The van der Waals surface area contributed by atoms with Crippen molar-refractivity contribution in [3.8, 4) is 5.75 Å². The number of nitrogens with zero attached hydrogens (tertiary/aromatic N) is 1. The van der Waals surface area contributed by atoms with Crippen LogP contribution >= 0.6 is 0 Å². The second kappa shape index (κ2) is 8.34. The summed E-state index contributed by atoms with van der Waals surface area (Å²) >= 11 is 0. The van der Waals surface area contributed by atoms with Crippen molar-refractivity contribution >= 4 is 22.1 Å². The molecule has 1 aliphatic heterocycles. The Hall–Kier alpha value is -4.12. The molecule has 4 aromatic rings. The minimum atomic E-state index is -0.323. The zero-order valence-corrected chi connectivity index (χ0v) is 18.6. The lowest BCUT2D eigenvalue weighted by Crippen LogP contribution is -2.29. The highest BCUT2D eigenvalue weighted by molar-refractivity contribution is 5.82. The van der Waals surface area contributed by atoms with E-state index in [1.165, 1.54) is 16.3 Å². The molecule has 1 heterocycles. The Bertz CT molecular complexity index is 1410. The fraction of sp³-hybridized carbons (Fsp3) is 0.172. The molecule has 5 heteroatoms. The topological polar surface area (TPSA) is 64.4 Å². The maximum absolute atomic E-state index is 11.3. The first-order chi connectivity index (χ1) is 16.7. The maximum atomic E-state index is 11.3. The number of hydrogen-bond acceptors (Lipinski definition) is 4. The lowest BCUT2D eigenvalue weighted by Gasteiger charge is -2.37. The minimum Gasteiger partial charge on any atom is -0.489 e. The van der Waals surface area contributed by atoms with Gasteiger partial charge in [0.1, 0.15) is 12.4 Å². The average molecular weight is 449 g/mol. The molecule has 0 fully saturated rings. The summed E-state index contributed by atoms with van der Waals surface area (Å²) in [6.07, 6.45) is 5.34. The van der Waals surface area contributed by atoms with Crippen molar-refractivity contribution in [2.24, 2.45) is 5.92 Å². The van der Waals surface area contributed by atoms with Crippen LogP contribution in [0.2, 0.25) is 0 Å². The van der Waals surface area contributed by atoms with Gasteiger partial charge in [0.2, 0.25) is 0 Å². The van der Waals surface area contributed by atoms with Gasteiger partial charge in [0, 0.05) is 23.7 Å². The third-order valence-electron chi connectivity index (χ3n) is 7.02.